The van der Waals surface area contributed by atoms with Gasteiger partial charge in [-0.25, -0.2) is 0 Å². The molecule has 0 atom stereocenters. The van der Waals surface area contributed by atoms with Gasteiger partial charge in [0.05, 0.1) is 6.20 Å². The van der Waals surface area contributed by atoms with Crippen molar-refractivity contribution in [1.82, 2.24) is 29.4 Å². The molecule has 2 aromatic heterocycles. The first-order chi connectivity index (χ1) is 11.2. The highest BCUT2D eigenvalue weighted by atomic mass is 16.2. The Kier molecular flexibility index (Phi) is 3.63. The number of carbonyl (C=O) groups is 1. The number of piperidine rings is 1. The van der Waals surface area contributed by atoms with Crippen LogP contribution in [0.1, 0.15) is 42.4 Å². The molecule has 7 heteroatoms. The summed E-state index contributed by atoms with van der Waals surface area (Å²) in [6, 6.07) is 0. The molecule has 0 saturated carbocycles. The molecule has 23 heavy (non-hydrogen) atoms. The number of fused-ring (bicyclic) bond motifs is 1. The van der Waals surface area contributed by atoms with Gasteiger partial charge in [0.1, 0.15) is 18.2 Å². The first-order valence-electron chi connectivity index (χ1n) is 8.39. The summed E-state index contributed by atoms with van der Waals surface area (Å²) in [6.07, 6.45) is 7.87. The summed E-state index contributed by atoms with van der Waals surface area (Å²) in [5, 5.41) is 12.9. The minimum atomic E-state index is 0.151. The van der Waals surface area contributed by atoms with Gasteiger partial charge in [0, 0.05) is 38.2 Å². The van der Waals surface area contributed by atoms with Gasteiger partial charge in [0.15, 0.2) is 0 Å². The molecule has 2 aromatic rings. The van der Waals surface area contributed by atoms with Crippen molar-refractivity contribution >= 4 is 5.91 Å². The van der Waals surface area contributed by atoms with Crippen molar-refractivity contribution in [2.45, 2.75) is 51.6 Å². The van der Waals surface area contributed by atoms with Crippen LogP contribution in [0.4, 0.5) is 0 Å². The zero-order valence-corrected chi connectivity index (χ0v) is 13.5. The molecule has 1 amide bonds. The Bertz CT molecular complexity index is 710. The fourth-order valence-electron chi connectivity index (χ4n) is 3.65. The van der Waals surface area contributed by atoms with E-state index >= 15 is 0 Å². The van der Waals surface area contributed by atoms with Gasteiger partial charge in [-0.2, -0.15) is 5.10 Å². The summed E-state index contributed by atoms with van der Waals surface area (Å²) in [5.41, 5.74) is 1.08. The van der Waals surface area contributed by atoms with Crippen LogP contribution < -0.4 is 0 Å². The van der Waals surface area contributed by atoms with Crippen molar-refractivity contribution < 1.29 is 4.79 Å². The van der Waals surface area contributed by atoms with E-state index in [0.717, 1.165) is 56.1 Å². The standard InChI is InChI=1S/C16H22N6O/c1-12-9-17-21(10-12)11-15(23)20-7-4-13(5-8-20)16-19-18-14-3-2-6-22(14)16/h9-10,13H,2-8,11H2,1H3. The van der Waals surface area contributed by atoms with Crippen LogP contribution in [0.25, 0.3) is 0 Å². The fourth-order valence-corrected chi connectivity index (χ4v) is 3.65. The van der Waals surface area contributed by atoms with Crippen LogP contribution in [0.5, 0.6) is 0 Å². The van der Waals surface area contributed by atoms with Gasteiger partial charge >= 0.3 is 0 Å². The van der Waals surface area contributed by atoms with Crippen LogP contribution in [0.2, 0.25) is 0 Å². The second-order valence-corrected chi connectivity index (χ2v) is 6.60. The van der Waals surface area contributed by atoms with Crippen LogP contribution in [-0.2, 0) is 24.3 Å². The molecular weight excluding hydrogens is 292 g/mol. The molecule has 4 heterocycles. The van der Waals surface area contributed by atoms with Gasteiger partial charge in [0.2, 0.25) is 5.91 Å². The van der Waals surface area contributed by atoms with Crippen molar-refractivity contribution in [3.05, 3.63) is 29.6 Å². The lowest BCUT2D eigenvalue weighted by atomic mass is 9.96. The van der Waals surface area contributed by atoms with Gasteiger partial charge in [-0.15, -0.1) is 10.2 Å². The number of hydrogen-bond donors (Lipinski definition) is 0. The Balaban J connectivity index is 1.36. The molecule has 0 aromatic carbocycles. The van der Waals surface area contributed by atoms with E-state index in [-0.39, 0.29) is 5.91 Å². The summed E-state index contributed by atoms with van der Waals surface area (Å²) in [4.78, 5) is 14.3. The summed E-state index contributed by atoms with van der Waals surface area (Å²) in [5.74, 6) is 2.85. The molecule has 122 valence electrons. The van der Waals surface area contributed by atoms with Gasteiger partial charge in [0.25, 0.3) is 0 Å². The number of hydrogen-bond acceptors (Lipinski definition) is 4. The number of nitrogens with zero attached hydrogens (tertiary/aromatic N) is 6. The predicted octanol–water partition coefficient (Wildman–Crippen LogP) is 1.14. The first kappa shape index (κ1) is 14.4. The third-order valence-corrected chi connectivity index (χ3v) is 4.91. The van der Waals surface area contributed by atoms with Crippen LogP contribution in [-0.4, -0.2) is 48.4 Å². The van der Waals surface area contributed by atoms with E-state index in [4.69, 9.17) is 0 Å². The van der Waals surface area contributed by atoms with E-state index in [1.165, 1.54) is 6.42 Å². The molecule has 0 N–H and O–H groups in total. The van der Waals surface area contributed by atoms with Crippen molar-refractivity contribution in [2.75, 3.05) is 13.1 Å². The number of amides is 1. The molecule has 1 saturated heterocycles. The predicted molar refractivity (Wildman–Crippen MR) is 83.9 cm³/mol. The van der Waals surface area contributed by atoms with Crippen LogP contribution in [0.3, 0.4) is 0 Å². The monoisotopic (exact) mass is 314 g/mol. The average molecular weight is 314 g/mol. The maximum absolute atomic E-state index is 12.4. The minimum absolute atomic E-state index is 0.151. The second-order valence-electron chi connectivity index (χ2n) is 6.60. The Morgan fingerprint density at radius 3 is 2.83 bits per heavy atom. The number of aromatic nitrogens is 5. The molecule has 2 aliphatic heterocycles. The topological polar surface area (TPSA) is 68.8 Å². The van der Waals surface area contributed by atoms with Gasteiger partial charge in [-0.05, 0) is 31.7 Å². The smallest absolute Gasteiger partial charge is 0.244 e. The Morgan fingerprint density at radius 1 is 1.26 bits per heavy atom. The first-order valence-corrected chi connectivity index (χ1v) is 8.39. The molecule has 7 nitrogen and oxygen atoms in total. The fraction of sp³-hybridized carbons (Fsp3) is 0.625. The normalized spacial score (nSPS) is 18.4. The Labute approximate surface area is 135 Å². The highest BCUT2D eigenvalue weighted by Crippen LogP contribution is 2.29. The van der Waals surface area contributed by atoms with Gasteiger partial charge < -0.3 is 9.47 Å². The molecule has 0 radical (unpaired) electrons. The average Bonchev–Trinajstić information content (AvgIpc) is 3.24. The van der Waals surface area contributed by atoms with E-state index in [2.05, 4.69) is 19.9 Å². The maximum Gasteiger partial charge on any atom is 0.244 e. The number of rotatable bonds is 3. The zero-order valence-electron chi connectivity index (χ0n) is 13.5. The summed E-state index contributed by atoms with van der Waals surface area (Å²) in [7, 11) is 0. The molecular formula is C16H22N6O. The molecule has 0 spiro atoms. The molecule has 0 aliphatic carbocycles. The highest BCUT2D eigenvalue weighted by Gasteiger charge is 2.29. The van der Waals surface area contributed by atoms with E-state index in [0.29, 0.717) is 12.5 Å². The third kappa shape index (κ3) is 2.75. The quantitative estimate of drug-likeness (QED) is 0.852. The number of carbonyl (C=O) groups excluding carboxylic acids is 1. The molecule has 1 fully saturated rings. The summed E-state index contributed by atoms with van der Waals surface area (Å²) < 4.78 is 4.00. The van der Waals surface area contributed by atoms with Crippen molar-refractivity contribution in [1.29, 1.82) is 0 Å². The third-order valence-electron chi connectivity index (χ3n) is 4.91. The molecule has 4 rings (SSSR count). The van der Waals surface area contributed by atoms with E-state index < -0.39 is 0 Å². The van der Waals surface area contributed by atoms with Crippen molar-refractivity contribution in [3.8, 4) is 0 Å². The number of likely N-dealkylation sites (tertiary alicyclic amines) is 1. The lowest BCUT2D eigenvalue weighted by Crippen LogP contribution is -2.40. The van der Waals surface area contributed by atoms with Gasteiger partial charge in [-0.3, -0.25) is 9.48 Å². The van der Waals surface area contributed by atoms with E-state index in [1.54, 1.807) is 10.9 Å². The van der Waals surface area contributed by atoms with Crippen LogP contribution in [0, 0.1) is 6.92 Å². The highest BCUT2D eigenvalue weighted by molar-refractivity contribution is 5.76. The summed E-state index contributed by atoms with van der Waals surface area (Å²) in [6.45, 7) is 4.96. The lowest BCUT2D eigenvalue weighted by molar-refractivity contribution is -0.133. The van der Waals surface area contributed by atoms with Crippen LogP contribution >= 0.6 is 0 Å². The lowest BCUT2D eigenvalue weighted by Gasteiger charge is -2.31. The molecule has 2 aliphatic rings. The van der Waals surface area contributed by atoms with E-state index in [9.17, 15) is 4.79 Å². The Morgan fingerprint density at radius 2 is 2.09 bits per heavy atom. The minimum Gasteiger partial charge on any atom is -0.341 e. The molecule has 0 bridgehead atoms. The zero-order chi connectivity index (χ0) is 15.8. The largest absolute Gasteiger partial charge is 0.341 e. The number of aryl methyl sites for hydroxylation is 2. The Hall–Kier alpha value is -2.18. The van der Waals surface area contributed by atoms with Crippen molar-refractivity contribution in [2.24, 2.45) is 0 Å². The maximum atomic E-state index is 12.4. The van der Waals surface area contributed by atoms with E-state index in [1.807, 2.05) is 18.0 Å². The SMILES string of the molecule is Cc1cnn(CC(=O)N2CCC(c3nnc4n3CCC4)CC2)c1. The van der Waals surface area contributed by atoms with Gasteiger partial charge in [-0.1, -0.05) is 0 Å². The molecule has 0 unspecified atom stereocenters. The second kappa shape index (κ2) is 5.79. The summed E-state index contributed by atoms with van der Waals surface area (Å²) >= 11 is 0. The van der Waals surface area contributed by atoms with Crippen molar-refractivity contribution in [3.63, 3.8) is 0 Å². The van der Waals surface area contributed by atoms with Crippen LogP contribution in [0.15, 0.2) is 12.4 Å².